The first kappa shape index (κ1) is 15.2. The van der Waals surface area contributed by atoms with Gasteiger partial charge in [0.15, 0.2) is 0 Å². The second-order valence-electron chi connectivity index (χ2n) is 5.97. The van der Waals surface area contributed by atoms with Crippen LogP contribution in [0, 0.1) is 6.92 Å². The minimum Gasteiger partial charge on any atom is -0.483 e. The van der Waals surface area contributed by atoms with Crippen LogP contribution in [0.25, 0.3) is 11.0 Å². The van der Waals surface area contributed by atoms with Gasteiger partial charge in [0.1, 0.15) is 28.3 Å². The zero-order chi connectivity index (χ0) is 16.6. The highest BCUT2D eigenvalue weighted by Crippen LogP contribution is 2.33. The largest absolute Gasteiger partial charge is 0.483 e. The number of fused-ring (bicyclic) bond motifs is 1. The molecule has 0 aliphatic heterocycles. The van der Waals surface area contributed by atoms with Gasteiger partial charge in [-0.15, -0.1) is 0 Å². The number of hydrogen-bond donors (Lipinski definition) is 1. The van der Waals surface area contributed by atoms with Gasteiger partial charge in [0, 0.05) is 5.39 Å². The van der Waals surface area contributed by atoms with E-state index in [0.717, 1.165) is 5.56 Å². The van der Waals surface area contributed by atoms with E-state index in [1.165, 1.54) is 0 Å². The molecule has 1 heterocycles. The van der Waals surface area contributed by atoms with Crippen LogP contribution in [-0.2, 0) is 5.60 Å². The summed E-state index contributed by atoms with van der Waals surface area (Å²) < 4.78 is 11.6. The molecular formula is C19H18O4. The van der Waals surface area contributed by atoms with Gasteiger partial charge in [-0.3, -0.25) is 0 Å². The molecule has 0 amide bonds. The van der Waals surface area contributed by atoms with Crippen molar-refractivity contribution in [2.45, 2.75) is 26.4 Å². The summed E-state index contributed by atoms with van der Waals surface area (Å²) in [6, 6.07) is 15.1. The lowest BCUT2D eigenvalue weighted by atomic mass is 9.98. The first-order valence-corrected chi connectivity index (χ1v) is 7.39. The van der Waals surface area contributed by atoms with Crippen molar-refractivity contribution in [2.75, 3.05) is 0 Å². The van der Waals surface area contributed by atoms with Crippen LogP contribution in [0.3, 0.4) is 0 Å². The van der Waals surface area contributed by atoms with E-state index in [9.17, 15) is 9.90 Å². The lowest BCUT2D eigenvalue weighted by Crippen LogP contribution is -2.25. The molecule has 0 aliphatic carbocycles. The van der Waals surface area contributed by atoms with Crippen molar-refractivity contribution in [1.82, 2.24) is 0 Å². The van der Waals surface area contributed by atoms with Crippen LogP contribution in [0.1, 0.15) is 35.5 Å². The maximum atomic E-state index is 11.4. The quantitative estimate of drug-likeness (QED) is 0.755. The van der Waals surface area contributed by atoms with Gasteiger partial charge in [-0.25, -0.2) is 4.79 Å². The van der Waals surface area contributed by atoms with Crippen LogP contribution in [0.5, 0.6) is 5.75 Å². The van der Waals surface area contributed by atoms with E-state index in [1.54, 1.807) is 25.1 Å². The molecule has 0 atom stereocenters. The number of ether oxygens (including phenoxy) is 1. The van der Waals surface area contributed by atoms with E-state index >= 15 is 0 Å². The standard InChI is InChI=1S/C19H18O4/c1-12-17(18(20)21)15-11-14(9-10-16(15)22-12)23-19(2,3)13-7-5-4-6-8-13/h4-11H,1-3H3,(H,20,21). The number of carboxylic acid groups (broad SMARTS) is 1. The number of hydrogen-bond acceptors (Lipinski definition) is 3. The highest BCUT2D eigenvalue weighted by molar-refractivity contribution is 6.03. The molecule has 23 heavy (non-hydrogen) atoms. The third-order valence-electron chi connectivity index (χ3n) is 3.89. The fraction of sp³-hybridized carbons (Fsp3) is 0.211. The Morgan fingerprint density at radius 3 is 2.48 bits per heavy atom. The third-order valence-corrected chi connectivity index (χ3v) is 3.89. The molecule has 0 bridgehead atoms. The minimum atomic E-state index is -0.999. The van der Waals surface area contributed by atoms with Crippen molar-refractivity contribution >= 4 is 16.9 Å². The maximum absolute atomic E-state index is 11.4. The van der Waals surface area contributed by atoms with Crippen LogP contribution in [0.15, 0.2) is 52.9 Å². The van der Waals surface area contributed by atoms with Gasteiger partial charge in [0.2, 0.25) is 0 Å². The third kappa shape index (κ3) is 2.80. The summed E-state index contributed by atoms with van der Waals surface area (Å²) in [5.41, 5.74) is 1.24. The summed E-state index contributed by atoms with van der Waals surface area (Å²) in [7, 11) is 0. The Balaban J connectivity index is 2.01. The van der Waals surface area contributed by atoms with Crippen molar-refractivity contribution < 1.29 is 19.1 Å². The molecule has 0 saturated carbocycles. The number of aromatic carboxylic acids is 1. The highest BCUT2D eigenvalue weighted by atomic mass is 16.5. The fourth-order valence-electron chi connectivity index (χ4n) is 2.72. The highest BCUT2D eigenvalue weighted by Gasteiger charge is 2.24. The Bertz CT molecular complexity index is 860. The lowest BCUT2D eigenvalue weighted by Gasteiger charge is -2.27. The number of carbonyl (C=O) groups is 1. The summed E-state index contributed by atoms with van der Waals surface area (Å²) in [4.78, 5) is 11.4. The first-order chi connectivity index (χ1) is 10.9. The maximum Gasteiger partial charge on any atom is 0.339 e. The van der Waals surface area contributed by atoms with E-state index < -0.39 is 11.6 Å². The number of benzene rings is 2. The predicted molar refractivity (Wildman–Crippen MR) is 88.0 cm³/mol. The summed E-state index contributed by atoms with van der Waals surface area (Å²) in [6.07, 6.45) is 0. The molecule has 0 radical (unpaired) electrons. The SMILES string of the molecule is Cc1oc2ccc(OC(C)(C)c3ccccc3)cc2c1C(=O)O. The molecule has 2 aromatic carbocycles. The Hall–Kier alpha value is -2.75. The van der Waals surface area contributed by atoms with E-state index in [2.05, 4.69) is 0 Å². The molecule has 1 N–H and O–H groups in total. The van der Waals surface area contributed by atoms with Crippen molar-refractivity contribution in [1.29, 1.82) is 0 Å². The minimum absolute atomic E-state index is 0.183. The van der Waals surface area contributed by atoms with Crippen molar-refractivity contribution in [3.8, 4) is 5.75 Å². The van der Waals surface area contributed by atoms with Gasteiger partial charge in [-0.2, -0.15) is 0 Å². The number of aryl methyl sites for hydroxylation is 1. The Labute approximate surface area is 134 Å². The molecule has 0 aliphatic rings. The fourth-order valence-corrected chi connectivity index (χ4v) is 2.72. The first-order valence-electron chi connectivity index (χ1n) is 7.39. The van der Waals surface area contributed by atoms with Gasteiger partial charge < -0.3 is 14.3 Å². The van der Waals surface area contributed by atoms with Crippen molar-refractivity contribution in [3.05, 3.63) is 65.4 Å². The van der Waals surface area contributed by atoms with Crippen molar-refractivity contribution in [3.63, 3.8) is 0 Å². The smallest absolute Gasteiger partial charge is 0.339 e. The Morgan fingerprint density at radius 2 is 1.83 bits per heavy atom. The van der Waals surface area contributed by atoms with Crippen LogP contribution in [0.4, 0.5) is 0 Å². The van der Waals surface area contributed by atoms with Crippen LogP contribution in [-0.4, -0.2) is 11.1 Å². The summed E-state index contributed by atoms with van der Waals surface area (Å²) in [5.74, 6) is 0.00217. The van der Waals surface area contributed by atoms with Crippen LogP contribution < -0.4 is 4.74 Å². The molecule has 118 valence electrons. The second-order valence-corrected chi connectivity index (χ2v) is 5.97. The van der Waals surface area contributed by atoms with E-state index in [4.69, 9.17) is 9.15 Å². The molecule has 4 heteroatoms. The molecule has 1 aromatic heterocycles. The average molecular weight is 310 g/mol. The lowest BCUT2D eigenvalue weighted by molar-refractivity contribution is 0.0697. The Kier molecular flexibility index (Phi) is 3.60. The molecule has 4 nitrogen and oxygen atoms in total. The van der Waals surface area contributed by atoms with Gasteiger partial charge in [0.25, 0.3) is 0 Å². The van der Waals surface area contributed by atoms with Gasteiger partial charge >= 0.3 is 5.97 Å². The van der Waals surface area contributed by atoms with Gasteiger partial charge in [0.05, 0.1) is 0 Å². The zero-order valence-electron chi connectivity index (χ0n) is 13.3. The van der Waals surface area contributed by atoms with E-state index in [-0.39, 0.29) is 5.56 Å². The summed E-state index contributed by atoms with van der Waals surface area (Å²) >= 11 is 0. The monoisotopic (exact) mass is 310 g/mol. The predicted octanol–water partition coefficient (Wildman–Crippen LogP) is 4.75. The summed E-state index contributed by atoms with van der Waals surface area (Å²) in [5, 5.41) is 9.91. The molecule has 0 fully saturated rings. The van der Waals surface area contributed by atoms with Gasteiger partial charge in [-0.1, -0.05) is 30.3 Å². The van der Waals surface area contributed by atoms with Gasteiger partial charge in [-0.05, 0) is 44.5 Å². The number of carboxylic acids is 1. The average Bonchev–Trinajstić information content (AvgIpc) is 2.83. The van der Waals surface area contributed by atoms with Crippen LogP contribution in [0.2, 0.25) is 0 Å². The molecule has 0 saturated heterocycles. The molecular weight excluding hydrogens is 292 g/mol. The normalized spacial score (nSPS) is 11.6. The molecule has 3 rings (SSSR count). The number of furan rings is 1. The Morgan fingerprint density at radius 1 is 1.13 bits per heavy atom. The summed E-state index contributed by atoms with van der Waals surface area (Å²) in [6.45, 7) is 5.61. The van der Waals surface area contributed by atoms with E-state index in [0.29, 0.717) is 22.5 Å². The second kappa shape index (κ2) is 5.47. The molecule has 0 unspecified atom stereocenters. The number of rotatable bonds is 4. The zero-order valence-corrected chi connectivity index (χ0v) is 13.3. The topological polar surface area (TPSA) is 59.7 Å². The van der Waals surface area contributed by atoms with E-state index in [1.807, 2.05) is 44.2 Å². The van der Waals surface area contributed by atoms with Crippen LogP contribution >= 0.6 is 0 Å². The molecule has 3 aromatic rings. The van der Waals surface area contributed by atoms with Crippen molar-refractivity contribution in [2.24, 2.45) is 0 Å². The molecule has 0 spiro atoms.